The molecule has 2 aliphatic rings. The zero-order valence-corrected chi connectivity index (χ0v) is 15.2. The Kier molecular flexibility index (Phi) is 4.34. The fourth-order valence-corrected chi connectivity index (χ4v) is 4.85. The lowest BCUT2D eigenvalue weighted by Crippen LogP contribution is -2.41. The Bertz CT molecular complexity index is 846. The second-order valence-electron chi connectivity index (χ2n) is 6.27. The van der Waals surface area contributed by atoms with Gasteiger partial charge in [0.2, 0.25) is 5.91 Å². The van der Waals surface area contributed by atoms with E-state index < -0.39 is 10.0 Å². The Hall–Kier alpha value is -1.78. The van der Waals surface area contributed by atoms with Crippen LogP contribution in [0.15, 0.2) is 21.7 Å². The van der Waals surface area contributed by atoms with Gasteiger partial charge in [-0.1, -0.05) is 6.07 Å². The van der Waals surface area contributed by atoms with Gasteiger partial charge in [0.25, 0.3) is 10.0 Å². The van der Waals surface area contributed by atoms with E-state index in [1.165, 1.54) is 18.9 Å². The van der Waals surface area contributed by atoms with Crippen molar-refractivity contribution in [1.82, 2.24) is 24.4 Å². The number of aromatic nitrogens is 3. The smallest absolute Gasteiger partial charge is 0.250 e. The number of carbonyl (C=O) groups is 1. The largest absolute Gasteiger partial charge is 0.339 e. The van der Waals surface area contributed by atoms with E-state index in [1.54, 1.807) is 16.3 Å². The minimum absolute atomic E-state index is 0.216. The molecule has 0 spiro atoms. The number of nitrogens with zero attached hydrogens (tertiary/aromatic N) is 4. The Morgan fingerprint density at radius 2 is 2.16 bits per heavy atom. The minimum Gasteiger partial charge on any atom is -0.339 e. The summed E-state index contributed by atoms with van der Waals surface area (Å²) >= 11 is 1.13. The Labute approximate surface area is 149 Å². The van der Waals surface area contributed by atoms with E-state index in [-0.39, 0.29) is 16.7 Å². The highest BCUT2D eigenvalue weighted by Gasteiger charge is 2.30. The topological polar surface area (TPSA) is 97.2 Å². The number of amides is 1. The Morgan fingerprint density at radius 3 is 2.88 bits per heavy atom. The molecule has 1 N–H and O–H groups in total. The number of hydrogen-bond donors (Lipinski definition) is 1. The van der Waals surface area contributed by atoms with Gasteiger partial charge in [-0.2, -0.15) is 5.10 Å². The summed E-state index contributed by atoms with van der Waals surface area (Å²) in [5.41, 5.74) is 0. The van der Waals surface area contributed by atoms with Crippen LogP contribution in [-0.4, -0.2) is 53.6 Å². The molecule has 1 saturated carbocycles. The molecule has 0 atom stereocenters. The maximum absolute atomic E-state index is 12.4. The van der Waals surface area contributed by atoms with Gasteiger partial charge in [0.05, 0.1) is 13.1 Å². The molecule has 1 aliphatic heterocycles. The van der Waals surface area contributed by atoms with Crippen LogP contribution in [0.1, 0.15) is 30.4 Å². The minimum atomic E-state index is -3.62. The summed E-state index contributed by atoms with van der Waals surface area (Å²) < 4.78 is 28.7. The molecule has 10 heteroatoms. The average Bonchev–Trinajstić information content (AvgIpc) is 3.19. The molecule has 0 radical (unpaired) electrons. The van der Waals surface area contributed by atoms with Gasteiger partial charge < -0.3 is 4.90 Å². The molecule has 4 rings (SSSR count). The molecular weight excluding hydrogens is 362 g/mol. The van der Waals surface area contributed by atoms with Crippen LogP contribution in [0.3, 0.4) is 0 Å². The summed E-state index contributed by atoms with van der Waals surface area (Å²) in [6.07, 6.45) is 2.97. The molecule has 0 unspecified atom stereocenters. The van der Waals surface area contributed by atoms with Gasteiger partial charge in [0, 0.05) is 25.4 Å². The van der Waals surface area contributed by atoms with E-state index in [0.717, 1.165) is 23.0 Å². The average molecular weight is 381 g/mol. The molecule has 8 nitrogen and oxygen atoms in total. The van der Waals surface area contributed by atoms with E-state index in [2.05, 4.69) is 14.8 Å². The molecule has 2 aromatic heterocycles. The van der Waals surface area contributed by atoms with Crippen molar-refractivity contribution in [3.05, 3.63) is 29.2 Å². The fourth-order valence-electron chi connectivity index (χ4n) is 2.84. The van der Waals surface area contributed by atoms with Gasteiger partial charge in [-0.05, 0) is 24.3 Å². The van der Waals surface area contributed by atoms with Crippen LogP contribution in [0.25, 0.3) is 0 Å². The summed E-state index contributed by atoms with van der Waals surface area (Å²) in [6, 6.07) is 3.19. The van der Waals surface area contributed by atoms with Gasteiger partial charge in [0.1, 0.15) is 10.0 Å². The van der Waals surface area contributed by atoms with E-state index in [9.17, 15) is 13.2 Å². The van der Waals surface area contributed by atoms with Gasteiger partial charge in [-0.25, -0.2) is 22.8 Å². The predicted octanol–water partition coefficient (Wildman–Crippen LogP) is 0.580. The Balaban J connectivity index is 1.35. The molecular formula is C15H19N5O3S2. The third-order valence-electron chi connectivity index (χ3n) is 4.42. The van der Waals surface area contributed by atoms with E-state index in [1.807, 2.05) is 4.68 Å². The molecule has 2 aromatic rings. The third kappa shape index (κ3) is 3.60. The second kappa shape index (κ2) is 6.50. The Morgan fingerprint density at radius 1 is 1.32 bits per heavy atom. The van der Waals surface area contributed by atoms with Crippen molar-refractivity contribution in [2.75, 3.05) is 19.6 Å². The van der Waals surface area contributed by atoms with Crippen molar-refractivity contribution in [2.45, 2.75) is 35.9 Å². The molecule has 0 aromatic carbocycles. The van der Waals surface area contributed by atoms with Gasteiger partial charge in [-0.3, -0.25) is 4.79 Å². The van der Waals surface area contributed by atoms with Gasteiger partial charge in [0.15, 0.2) is 5.82 Å². The molecule has 134 valence electrons. The monoisotopic (exact) mass is 381 g/mol. The third-order valence-corrected chi connectivity index (χ3v) is 7.22. The lowest BCUT2D eigenvalue weighted by molar-refractivity contribution is -0.129. The first kappa shape index (κ1) is 16.7. The highest BCUT2D eigenvalue weighted by atomic mass is 32.2. The van der Waals surface area contributed by atoms with Crippen LogP contribution >= 0.6 is 11.3 Å². The summed E-state index contributed by atoms with van der Waals surface area (Å²) in [4.78, 5) is 18.6. The SMILES string of the molecule is O=C(CNS(=O)(=O)c1cccs1)N1CCc2nc(C3CC3)nn2CC1. The van der Waals surface area contributed by atoms with E-state index in [0.29, 0.717) is 32.0 Å². The van der Waals surface area contributed by atoms with Crippen LogP contribution in [-0.2, 0) is 27.8 Å². The van der Waals surface area contributed by atoms with Crippen molar-refractivity contribution in [3.8, 4) is 0 Å². The predicted molar refractivity (Wildman–Crippen MR) is 91.8 cm³/mol. The molecule has 25 heavy (non-hydrogen) atoms. The summed E-state index contributed by atoms with van der Waals surface area (Å²) in [5, 5.41) is 6.23. The summed E-state index contributed by atoms with van der Waals surface area (Å²) in [6.45, 7) is 1.41. The molecule has 1 fully saturated rings. The van der Waals surface area contributed by atoms with Crippen molar-refractivity contribution in [1.29, 1.82) is 0 Å². The highest BCUT2D eigenvalue weighted by Crippen LogP contribution is 2.38. The normalized spacial score (nSPS) is 18.0. The van der Waals surface area contributed by atoms with Crippen molar-refractivity contribution in [3.63, 3.8) is 0 Å². The zero-order chi connectivity index (χ0) is 17.4. The van der Waals surface area contributed by atoms with Crippen molar-refractivity contribution >= 4 is 27.3 Å². The van der Waals surface area contributed by atoms with E-state index in [4.69, 9.17) is 0 Å². The van der Waals surface area contributed by atoms with Crippen LogP contribution in [0.2, 0.25) is 0 Å². The molecule has 3 heterocycles. The number of nitrogens with one attached hydrogen (secondary N) is 1. The number of thiophene rings is 1. The zero-order valence-electron chi connectivity index (χ0n) is 13.6. The lowest BCUT2D eigenvalue weighted by atomic mass is 10.3. The van der Waals surface area contributed by atoms with E-state index >= 15 is 0 Å². The quantitative estimate of drug-likeness (QED) is 0.817. The van der Waals surface area contributed by atoms with Crippen molar-refractivity contribution < 1.29 is 13.2 Å². The van der Waals surface area contributed by atoms with Crippen LogP contribution < -0.4 is 4.72 Å². The number of hydrogen-bond acceptors (Lipinski definition) is 6. The number of carbonyl (C=O) groups excluding carboxylic acids is 1. The molecule has 0 bridgehead atoms. The van der Waals surface area contributed by atoms with Crippen molar-refractivity contribution in [2.24, 2.45) is 0 Å². The summed E-state index contributed by atoms with van der Waals surface area (Å²) in [7, 11) is -3.62. The summed E-state index contributed by atoms with van der Waals surface area (Å²) in [5.74, 6) is 2.13. The first-order valence-electron chi connectivity index (χ1n) is 8.27. The first-order chi connectivity index (χ1) is 12.0. The van der Waals surface area contributed by atoms with Crippen LogP contribution in [0.4, 0.5) is 0 Å². The van der Waals surface area contributed by atoms with Crippen LogP contribution in [0, 0.1) is 0 Å². The molecule has 0 saturated heterocycles. The standard InChI is InChI=1S/C15H19N5O3S2/c21-13(10-16-25(22,23)14-2-1-9-24-14)19-6-5-12-17-15(11-3-4-11)18-20(12)8-7-19/h1-2,9,11,16H,3-8,10H2. The van der Waals surface area contributed by atoms with Gasteiger partial charge in [-0.15, -0.1) is 11.3 Å². The number of fused-ring (bicyclic) bond motifs is 1. The maximum atomic E-state index is 12.4. The molecule has 1 amide bonds. The fraction of sp³-hybridized carbons (Fsp3) is 0.533. The number of sulfonamides is 1. The highest BCUT2D eigenvalue weighted by molar-refractivity contribution is 7.91. The van der Waals surface area contributed by atoms with Crippen LogP contribution in [0.5, 0.6) is 0 Å². The van der Waals surface area contributed by atoms with Gasteiger partial charge >= 0.3 is 0 Å². The molecule has 1 aliphatic carbocycles. The maximum Gasteiger partial charge on any atom is 0.250 e. The first-order valence-corrected chi connectivity index (χ1v) is 10.6. The second-order valence-corrected chi connectivity index (χ2v) is 9.21. The lowest BCUT2D eigenvalue weighted by Gasteiger charge is -2.20. The number of rotatable bonds is 5.